The molecule has 0 heterocycles. The number of hydrogen-bond acceptors (Lipinski definition) is 4. The number of hydrogen-bond donors (Lipinski definition) is 2. The highest BCUT2D eigenvalue weighted by atomic mass is 16.2. The van der Waals surface area contributed by atoms with Crippen molar-refractivity contribution in [3.05, 3.63) is 82.9 Å². The van der Waals surface area contributed by atoms with E-state index in [1.165, 1.54) is 0 Å². The number of carbonyl (C=O) groups is 2. The zero-order valence-electron chi connectivity index (χ0n) is 18.6. The number of carbonyl (C=O) groups excluding carboxylic acids is 2. The summed E-state index contributed by atoms with van der Waals surface area (Å²) in [4.78, 5) is 23.7. The third-order valence-electron chi connectivity index (χ3n) is 4.36. The summed E-state index contributed by atoms with van der Waals surface area (Å²) in [6.45, 7) is 3.84. The Morgan fingerprint density at radius 2 is 1.06 bits per heavy atom. The molecule has 0 aliphatic heterocycles. The Hall–Kier alpha value is -3.80. The SMILES string of the molecule is CC(C=NNC(=O)CCCCC(=O)NN=CC(C)=Cc1ccccc1)=Cc1ccccc1. The summed E-state index contributed by atoms with van der Waals surface area (Å²) in [5.74, 6) is -0.345. The maximum absolute atomic E-state index is 11.8. The highest BCUT2D eigenvalue weighted by molar-refractivity contribution is 5.87. The fourth-order valence-electron chi connectivity index (χ4n) is 2.79. The van der Waals surface area contributed by atoms with Gasteiger partial charge in [-0.2, -0.15) is 10.2 Å². The summed E-state index contributed by atoms with van der Waals surface area (Å²) >= 11 is 0. The molecule has 0 atom stereocenters. The number of benzene rings is 2. The zero-order chi connectivity index (χ0) is 23.0. The lowest BCUT2D eigenvalue weighted by atomic mass is 10.1. The van der Waals surface area contributed by atoms with Gasteiger partial charge in [-0.15, -0.1) is 0 Å². The molecule has 32 heavy (non-hydrogen) atoms. The normalized spacial score (nSPS) is 12.3. The second kappa shape index (κ2) is 14.2. The number of amides is 2. The van der Waals surface area contributed by atoms with Gasteiger partial charge in [-0.3, -0.25) is 9.59 Å². The molecule has 2 rings (SSSR count). The van der Waals surface area contributed by atoms with Crippen LogP contribution in [-0.2, 0) is 9.59 Å². The number of rotatable bonds is 11. The van der Waals surface area contributed by atoms with Crippen molar-refractivity contribution in [3.8, 4) is 0 Å². The van der Waals surface area contributed by atoms with Crippen LogP contribution in [0.5, 0.6) is 0 Å². The lowest BCUT2D eigenvalue weighted by molar-refractivity contribution is -0.123. The van der Waals surface area contributed by atoms with Crippen molar-refractivity contribution in [2.75, 3.05) is 0 Å². The van der Waals surface area contributed by atoms with Gasteiger partial charge in [0.15, 0.2) is 0 Å². The molecule has 2 aromatic carbocycles. The average Bonchev–Trinajstić information content (AvgIpc) is 2.78. The van der Waals surface area contributed by atoms with Crippen molar-refractivity contribution in [1.29, 1.82) is 0 Å². The first-order chi connectivity index (χ1) is 15.5. The van der Waals surface area contributed by atoms with E-state index in [-0.39, 0.29) is 11.8 Å². The Labute approximate surface area is 189 Å². The van der Waals surface area contributed by atoms with Gasteiger partial charge in [0.2, 0.25) is 11.8 Å². The molecule has 6 heteroatoms. The first-order valence-electron chi connectivity index (χ1n) is 10.6. The van der Waals surface area contributed by atoms with Crippen LogP contribution in [0.2, 0.25) is 0 Å². The Balaban J connectivity index is 1.59. The second-order valence-electron chi connectivity index (χ2n) is 7.39. The Morgan fingerprint density at radius 3 is 1.44 bits per heavy atom. The van der Waals surface area contributed by atoms with E-state index in [0.29, 0.717) is 25.7 Å². The summed E-state index contributed by atoms with van der Waals surface area (Å²) in [7, 11) is 0. The number of allylic oxidation sites excluding steroid dienone is 2. The van der Waals surface area contributed by atoms with Crippen molar-refractivity contribution in [3.63, 3.8) is 0 Å². The van der Waals surface area contributed by atoms with Crippen molar-refractivity contribution < 1.29 is 9.59 Å². The summed E-state index contributed by atoms with van der Waals surface area (Å²) < 4.78 is 0. The van der Waals surface area contributed by atoms with Crippen LogP contribution in [0.4, 0.5) is 0 Å². The van der Waals surface area contributed by atoms with Gasteiger partial charge in [-0.05, 0) is 49.0 Å². The molecule has 0 unspecified atom stereocenters. The largest absolute Gasteiger partial charge is 0.273 e. The van der Waals surface area contributed by atoms with E-state index in [1.54, 1.807) is 12.4 Å². The Morgan fingerprint density at radius 1 is 0.688 bits per heavy atom. The second-order valence-corrected chi connectivity index (χ2v) is 7.39. The number of nitrogens with zero attached hydrogens (tertiary/aromatic N) is 2. The fraction of sp³-hybridized carbons (Fsp3) is 0.231. The molecule has 0 saturated carbocycles. The first-order valence-corrected chi connectivity index (χ1v) is 10.6. The van der Waals surface area contributed by atoms with Crippen molar-refractivity contribution in [1.82, 2.24) is 10.9 Å². The molecule has 0 saturated heterocycles. The van der Waals surface area contributed by atoms with Gasteiger partial charge in [0.1, 0.15) is 0 Å². The molecule has 0 aliphatic rings. The van der Waals surface area contributed by atoms with Gasteiger partial charge in [0.25, 0.3) is 0 Å². The van der Waals surface area contributed by atoms with E-state index in [4.69, 9.17) is 0 Å². The predicted molar refractivity (Wildman–Crippen MR) is 132 cm³/mol. The van der Waals surface area contributed by atoms with Crippen molar-refractivity contribution >= 4 is 36.4 Å². The molecule has 0 fully saturated rings. The van der Waals surface area contributed by atoms with Gasteiger partial charge in [0.05, 0.1) is 12.4 Å². The third-order valence-corrected chi connectivity index (χ3v) is 4.36. The highest BCUT2D eigenvalue weighted by Crippen LogP contribution is 2.05. The molecule has 166 valence electrons. The van der Waals surface area contributed by atoms with Gasteiger partial charge >= 0.3 is 0 Å². The molecule has 0 radical (unpaired) electrons. The lowest BCUT2D eigenvalue weighted by Gasteiger charge is -2.01. The molecule has 0 aliphatic carbocycles. The topological polar surface area (TPSA) is 82.9 Å². The number of unbranched alkanes of at least 4 members (excludes halogenated alkanes) is 1. The van der Waals surface area contributed by atoms with Crippen LogP contribution >= 0.6 is 0 Å². The van der Waals surface area contributed by atoms with Crippen LogP contribution < -0.4 is 10.9 Å². The minimum Gasteiger partial charge on any atom is -0.273 e. The number of hydrazone groups is 2. The van der Waals surface area contributed by atoms with Crippen LogP contribution in [0, 0.1) is 0 Å². The highest BCUT2D eigenvalue weighted by Gasteiger charge is 2.03. The molecule has 2 aromatic rings. The lowest BCUT2D eigenvalue weighted by Crippen LogP contribution is -2.19. The Kier molecular flexibility index (Phi) is 10.9. The standard InChI is InChI=1S/C26H30N4O2/c1-21(17-23-11-5-3-6-12-23)19-27-29-25(31)15-9-10-16-26(32)30-28-20-22(2)18-24-13-7-4-8-14-24/h3-8,11-14,17-20H,9-10,15-16H2,1-2H3,(H,29,31)(H,30,32). The maximum atomic E-state index is 11.8. The van der Waals surface area contributed by atoms with Gasteiger partial charge < -0.3 is 0 Å². The quantitative estimate of drug-likeness (QED) is 0.300. The Bertz CT molecular complexity index is 896. The summed E-state index contributed by atoms with van der Waals surface area (Å²) in [5, 5.41) is 7.94. The van der Waals surface area contributed by atoms with Crippen molar-refractivity contribution in [2.24, 2.45) is 10.2 Å². The molecule has 2 amide bonds. The summed E-state index contributed by atoms with van der Waals surface area (Å²) in [5.41, 5.74) is 9.05. The molecule has 0 bridgehead atoms. The zero-order valence-corrected chi connectivity index (χ0v) is 18.6. The molecular weight excluding hydrogens is 400 g/mol. The van der Waals surface area contributed by atoms with E-state index < -0.39 is 0 Å². The van der Waals surface area contributed by atoms with Crippen LogP contribution in [0.1, 0.15) is 50.7 Å². The van der Waals surface area contributed by atoms with E-state index in [1.807, 2.05) is 86.7 Å². The van der Waals surface area contributed by atoms with Gasteiger partial charge in [-0.1, -0.05) is 72.8 Å². The monoisotopic (exact) mass is 430 g/mol. The molecule has 0 spiro atoms. The van der Waals surface area contributed by atoms with E-state index in [2.05, 4.69) is 21.1 Å². The van der Waals surface area contributed by atoms with E-state index >= 15 is 0 Å². The van der Waals surface area contributed by atoms with E-state index in [0.717, 1.165) is 22.3 Å². The minimum atomic E-state index is -0.172. The first kappa shape index (κ1) is 24.5. The van der Waals surface area contributed by atoms with E-state index in [9.17, 15) is 9.59 Å². The van der Waals surface area contributed by atoms with Crippen LogP contribution in [0.15, 0.2) is 82.0 Å². The van der Waals surface area contributed by atoms with Crippen LogP contribution in [0.3, 0.4) is 0 Å². The molecule has 6 nitrogen and oxygen atoms in total. The van der Waals surface area contributed by atoms with Crippen LogP contribution in [0.25, 0.3) is 12.2 Å². The van der Waals surface area contributed by atoms with Gasteiger partial charge in [-0.25, -0.2) is 10.9 Å². The molecule has 0 aromatic heterocycles. The molecular formula is C26H30N4O2. The minimum absolute atomic E-state index is 0.172. The summed E-state index contributed by atoms with van der Waals surface area (Å²) in [6.07, 6.45) is 9.03. The summed E-state index contributed by atoms with van der Waals surface area (Å²) in [6, 6.07) is 19.8. The maximum Gasteiger partial charge on any atom is 0.240 e. The number of nitrogens with one attached hydrogen (secondary N) is 2. The van der Waals surface area contributed by atoms with Crippen LogP contribution in [-0.4, -0.2) is 24.2 Å². The predicted octanol–water partition coefficient (Wildman–Crippen LogP) is 4.96. The van der Waals surface area contributed by atoms with Crippen molar-refractivity contribution in [2.45, 2.75) is 39.5 Å². The fourth-order valence-corrected chi connectivity index (χ4v) is 2.79. The van der Waals surface area contributed by atoms with Gasteiger partial charge in [0, 0.05) is 12.8 Å². The smallest absolute Gasteiger partial charge is 0.240 e. The average molecular weight is 431 g/mol. The third kappa shape index (κ3) is 10.8. The molecule has 2 N–H and O–H groups in total.